The number of aromatic nitrogens is 2. The monoisotopic (exact) mass is 1070 g/mol. The summed E-state index contributed by atoms with van der Waals surface area (Å²) < 4.78 is 62.7. The molecule has 2 fully saturated rings. The highest BCUT2D eigenvalue weighted by atomic mass is 31.3. The normalized spacial score (nSPS) is 22.1. The molecule has 0 bridgehead atoms. The maximum Gasteiger partial charge on any atom is 0.481 e. The van der Waals surface area contributed by atoms with Gasteiger partial charge in [-0.3, -0.25) is 23.2 Å². The first-order valence-electron chi connectivity index (χ1n) is 26.8. The molecule has 0 saturated carbocycles. The molecule has 73 heavy (non-hydrogen) atoms. The second kappa shape index (κ2) is 37.4. The van der Waals surface area contributed by atoms with E-state index in [2.05, 4.69) is 71.8 Å². The van der Waals surface area contributed by atoms with Crippen LogP contribution in [0, 0.1) is 0 Å². The van der Waals surface area contributed by atoms with Gasteiger partial charge in [0.2, 0.25) is 0 Å². The van der Waals surface area contributed by atoms with Crippen LogP contribution in [-0.2, 0) is 51.0 Å². The first kappa shape index (κ1) is 64.0. The highest BCUT2D eigenvalue weighted by Gasteiger charge is 2.46. The van der Waals surface area contributed by atoms with Crippen LogP contribution in [0.5, 0.6) is 0 Å². The molecule has 6 N–H and O–H groups in total. The Morgan fingerprint density at radius 3 is 1.89 bits per heavy atom. The number of esters is 2. The predicted octanol–water partition coefficient (Wildman–Crippen LogP) is 10.3. The van der Waals surface area contributed by atoms with Crippen LogP contribution in [0.15, 0.2) is 65.7 Å². The summed E-state index contributed by atoms with van der Waals surface area (Å²) in [4.78, 5) is 62.1. The van der Waals surface area contributed by atoms with Crippen LogP contribution in [0.3, 0.4) is 0 Å². The largest absolute Gasteiger partial charge is 0.481 e. The van der Waals surface area contributed by atoms with Crippen LogP contribution >= 0.6 is 15.6 Å². The van der Waals surface area contributed by atoms with Gasteiger partial charge in [-0.2, -0.15) is 9.29 Å². The average molecular weight is 1070 g/mol. The van der Waals surface area contributed by atoms with Crippen molar-refractivity contribution in [3.63, 3.8) is 0 Å². The van der Waals surface area contributed by atoms with E-state index in [1.54, 1.807) is 0 Å². The van der Waals surface area contributed by atoms with E-state index in [-0.39, 0.29) is 30.9 Å². The van der Waals surface area contributed by atoms with Gasteiger partial charge in [-0.05, 0) is 83.1 Å². The number of hydrogen-bond donors (Lipinski definition) is 5. The SMILES string of the molecule is CCCCC/C=C\C/C=C\C/C=C\CC1OC1CCCC(=O)OC[C@H](COP(=O)(O)OP(=O)(O)OC[C@H]1O[C@@H](n2ccc(N)nc2=O)[C@H](O)[C@@H]1O)OC(=O)CCCCCCCCC/C=C\CCCCCCCC. The molecule has 2 aliphatic heterocycles. The smallest absolute Gasteiger partial charge is 0.462 e. The Bertz CT molecular complexity index is 1980. The van der Waals surface area contributed by atoms with Crippen molar-refractivity contribution in [2.45, 2.75) is 224 Å². The Morgan fingerprint density at radius 2 is 1.23 bits per heavy atom. The number of rotatable bonds is 43. The van der Waals surface area contributed by atoms with Gasteiger partial charge in [-0.1, -0.05) is 140 Å². The van der Waals surface area contributed by atoms with Gasteiger partial charge in [0.15, 0.2) is 12.3 Å². The van der Waals surface area contributed by atoms with E-state index in [1.165, 1.54) is 63.9 Å². The zero-order chi connectivity index (χ0) is 53.2. The molecule has 0 aromatic carbocycles. The fraction of sp³-hybridized carbons (Fsp3) is 0.731. The summed E-state index contributed by atoms with van der Waals surface area (Å²) in [6.45, 7) is 2.06. The van der Waals surface area contributed by atoms with Gasteiger partial charge in [0.1, 0.15) is 30.7 Å². The second-order valence-electron chi connectivity index (χ2n) is 18.8. The molecule has 21 heteroatoms. The Hall–Kier alpha value is -3.32. The molecule has 0 aliphatic carbocycles. The standard InChI is InChI=1S/C52H87N3O16P2/c1-3-5-7-9-11-13-15-17-18-19-20-21-23-25-27-29-31-35-48(57)68-42(39-65-47(56)36-32-34-44-43(69-44)33-30-28-26-24-22-16-14-12-10-8-6-4-2)40-66-72(61,62)71-73(63,64)67-41-45-49(58)50(59)51(70-45)55-38-37-46(53)54-52(55)60/h12,14,17-18,22,24,28,30,37-38,42-45,49-51,58-59H,3-11,13,15-16,19-21,23,25-27,29,31-36,39-41H2,1-2H3,(H,61,62)(H,63,64)(H2,53,54,60)/b14-12-,18-17-,24-22-,30-28-/t42-,43?,44?,45-,49-,50-,51-/m1/s1. The molecule has 0 spiro atoms. The molecule has 0 radical (unpaired) electrons. The maximum absolute atomic E-state index is 12.9. The summed E-state index contributed by atoms with van der Waals surface area (Å²) in [5.74, 6) is -1.38. The predicted molar refractivity (Wildman–Crippen MR) is 279 cm³/mol. The number of phosphoric ester groups is 2. The van der Waals surface area contributed by atoms with Crippen LogP contribution in [0.25, 0.3) is 0 Å². The van der Waals surface area contributed by atoms with Crippen molar-refractivity contribution in [1.29, 1.82) is 0 Å². The number of epoxide rings is 1. The zero-order valence-electron chi connectivity index (χ0n) is 43.4. The summed E-state index contributed by atoms with van der Waals surface area (Å²) in [7, 11) is -10.9. The van der Waals surface area contributed by atoms with Gasteiger partial charge in [0, 0.05) is 19.0 Å². The Balaban J connectivity index is 1.41. The van der Waals surface area contributed by atoms with Crippen LogP contribution in [0.1, 0.15) is 187 Å². The molecule has 2 aliphatic rings. The Morgan fingerprint density at radius 1 is 0.685 bits per heavy atom. The van der Waals surface area contributed by atoms with Crippen LogP contribution < -0.4 is 11.4 Å². The minimum Gasteiger partial charge on any atom is -0.462 e. The van der Waals surface area contributed by atoms with Crippen molar-refractivity contribution in [1.82, 2.24) is 9.55 Å². The lowest BCUT2D eigenvalue weighted by Crippen LogP contribution is -2.36. The number of allylic oxidation sites excluding steroid dienone is 7. The number of aliphatic hydroxyl groups excluding tert-OH is 2. The molecule has 416 valence electrons. The van der Waals surface area contributed by atoms with E-state index in [0.29, 0.717) is 19.3 Å². The number of carbonyl (C=O) groups excluding carboxylic acids is 2. The third kappa shape index (κ3) is 29.5. The van der Waals surface area contributed by atoms with Crippen molar-refractivity contribution in [3.8, 4) is 0 Å². The van der Waals surface area contributed by atoms with Gasteiger partial charge >= 0.3 is 33.3 Å². The molecule has 2 saturated heterocycles. The van der Waals surface area contributed by atoms with Crippen LogP contribution in [-0.4, -0.2) is 97.9 Å². The third-order valence-electron chi connectivity index (χ3n) is 12.3. The number of carbonyl (C=O) groups is 2. The number of phosphoric acid groups is 2. The number of hydrogen-bond acceptors (Lipinski definition) is 16. The van der Waals surface area contributed by atoms with E-state index in [4.69, 9.17) is 33.7 Å². The number of nitrogens with two attached hydrogens (primary N) is 1. The number of unbranched alkanes of at least 4 members (excludes halogenated alkanes) is 16. The van der Waals surface area contributed by atoms with Crippen LogP contribution in [0.2, 0.25) is 0 Å². The molecule has 1 aromatic rings. The van der Waals surface area contributed by atoms with Crippen LogP contribution in [0.4, 0.5) is 5.82 Å². The molecular formula is C52H87N3O16P2. The summed E-state index contributed by atoms with van der Waals surface area (Å²) in [6.07, 6.45) is 36.2. The number of nitrogen functional groups attached to an aromatic ring is 1. The topological polar surface area (TPSA) is 278 Å². The van der Waals surface area contributed by atoms with Gasteiger partial charge in [-0.25, -0.2) is 13.9 Å². The number of ether oxygens (including phenoxy) is 4. The molecule has 4 unspecified atom stereocenters. The van der Waals surface area contributed by atoms with Crippen molar-refractivity contribution in [2.75, 3.05) is 25.6 Å². The van der Waals surface area contributed by atoms with Gasteiger partial charge in [0.25, 0.3) is 0 Å². The highest BCUT2D eigenvalue weighted by molar-refractivity contribution is 7.61. The second-order valence-corrected chi connectivity index (χ2v) is 21.8. The molecule has 3 heterocycles. The third-order valence-corrected chi connectivity index (χ3v) is 14.9. The first-order chi connectivity index (χ1) is 35.1. The van der Waals surface area contributed by atoms with Gasteiger partial charge in [-0.15, -0.1) is 0 Å². The van der Waals surface area contributed by atoms with E-state index in [0.717, 1.165) is 87.8 Å². The number of aliphatic hydroxyl groups is 2. The Labute approximate surface area is 433 Å². The van der Waals surface area contributed by atoms with Crippen molar-refractivity contribution >= 4 is 33.4 Å². The highest BCUT2D eigenvalue weighted by Crippen LogP contribution is 2.60. The molecule has 9 atom stereocenters. The summed E-state index contributed by atoms with van der Waals surface area (Å²) in [5, 5.41) is 20.9. The number of nitrogens with zero attached hydrogens (tertiary/aromatic N) is 2. The minimum atomic E-state index is -5.44. The van der Waals surface area contributed by atoms with Gasteiger partial charge in [0.05, 0.1) is 25.4 Å². The lowest BCUT2D eigenvalue weighted by atomic mass is 10.1. The van der Waals surface area contributed by atoms with Gasteiger partial charge < -0.3 is 44.7 Å². The Kier molecular flexibility index (Phi) is 32.8. The van der Waals surface area contributed by atoms with Crippen molar-refractivity contribution < 1.29 is 71.0 Å². The van der Waals surface area contributed by atoms with Crippen molar-refractivity contribution in [2.24, 2.45) is 0 Å². The maximum atomic E-state index is 12.9. The zero-order valence-corrected chi connectivity index (χ0v) is 45.2. The lowest BCUT2D eigenvalue weighted by Gasteiger charge is -2.21. The summed E-state index contributed by atoms with van der Waals surface area (Å²) >= 11 is 0. The lowest BCUT2D eigenvalue weighted by molar-refractivity contribution is -0.161. The molecule has 3 rings (SSSR count). The van der Waals surface area contributed by atoms with Crippen molar-refractivity contribution in [3.05, 3.63) is 71.4 Å². The van der Waals surface area contributed by atoms with E-state index in [1.807, 2.05) is 0 Å². The summed E-state index contributed by atoms with van der Waals surface area (Å²) in [6, 6.07) is 1.25. The molecule has 1 aromatic heterocycles. The molecule has 0 amide bonds. The fourth-order valence-corrected chi connectivity index (χ4v) is 10.2. The van der Waals surface area contributed by atoms with E-state index < -0.39 is 83.7 Å². The van der Waals surface area contributed by atoms with E-state index >= 15 is 0 Å². The fourth-order valence-electron chi connectivity index (χ4n) is 8.04. The average Bonchev–Trinajstić information content (AvgIpc) is 4.04. The quantitative estimate of drug-likeness (QED) is 0.0134. The number of anilines is 1. The summed E-state index contributed by atoms with van der Waals surface area (Å²) in [5.41, 5.74) is 4.59. The first-order valence-corrected chi connectivity index (χ1v) is 29.8. The van der Waals surface area contributed by atoms with E-state index in [9.17, 15) is 43.5 Å². The molecule has 19 nitrogen and oxygen atoms in total. The minimum absolute atomic E-state index is 0.0280. The molecular weight excluding hydrogens is 985 g/mol.